The van der Waals surface area contributed by atoms with E-state index in [4.69, 9.17) is 5.41 Å². The molecule has 3 N–H and O–H groups in total. The molecule has 1 aromatic carbocycles. The van der Waals surface area contributed by atoms with Crippen molar-refractivity contribution in [2.75, 3.05) is 13.1 Å². The topological polar surface area (TPSA) is 89.1 Å². The third-order valence-electron chi connectivity index (χ3n) is 4.46. The zero-order valence-corrected chi connectivity index (χ0v) is 15.0. The normalized spacial score (nSPS) is 20.0. The van der Waals surface area contributed by atoms with Crippen molar-refractivity contribution in [1.82, 2.24) is 15.2 Å². The summed E-state index contributed by atoms with van der Waals surface area (Å²) in [5.74, 6) is -0.744. The van der Waals surface area contributed by atoms with E-state index in [1.165, 1.54) is 4.90 Å². The van der Waals surface area contributed by atoms with Crippen LogP contribution in [0.2, 0.25) is 0 Å². The number of alkyl halides is 1. The average Bonchev–Trinajstić information content (AvgIpc) is 3.17. The highest BCUT2D eigenvalue weighted by Gasteiger charge is 2.36. The van der Waals surface area contributed by atoms with E-state index in [1.807, 2.05) is 18.2 Å². The van der Waals surface area contributed by atoms with Gasteiger partial charge in [0.2, 0.25) is 5.91 Å². The van der Waals surface area contributed by atoms with Crippen LogP contribution in [0.4, 0.5) is 4.39 Å². The molecule has 6 nitrogen and oxygen atoms in total. The highest BCUT2D eigenvalue weighted by Crippen LogP contribution is 2.21. The molecule has 128 valence electrons. The Hall–Kier alpha value is -2.17. The van der Waals surface area contributed by atoms with Gasteiger partial charge in [0.15, 0.2) is 16.3 Å². The van der Waals surface area contributed by atoms with E-state index in [1.54, 1.807) is 13.1 Å². The standard InChI is InChI=1S/C17H18FN4O2.Al/c1-10(19)15-6-11(18)9-22(15)16(23)8-21-17(24)13-7-20-14-5-3-2-4-12(13)14;/h2-4,7,11,15,19-20H,6,8-9H2,1H3,(H,21,24);/t11?,15-;/m0./s1. The minimum atomic E-state index is -1.13. The Labute approximate surface area is 152 Å². The van der Waals surface area contributed by atoms with Crippen LogP contribution in [0.15, 0.2) is 24.4 Å². The number of para-hydroxylation sites is 1. The molecule has 2 aromatic rings. The second-order valence-corrected chi connectivity index (χ2v) is 6.85. The van der Waals surface area contributed by atoms with E-state index in [2.05, 4.69) is 26.6 Å². The van der Waals surface area contributed by atoms with Crippen LogP contribution in [0.1, 0.15) is 23.7 Å². The fraction of sp³-hybridized carbons (Fsp3) is 0.353. The summed E-state index contributed by atoms with van der Waals surface area (Å²) >= 11 is 2.60. The van der Waals surface area contributed by atoms with Gasteiger partial charge in [-0.1, -0.05) is 18.2 Å². The number of likely N-dealkylation sites (tertiary alicyclic amines) is 1. The number of nitrogens with one attached hydrogen (secondary N) is 3. The first-order chi connectivity index (χ1) is 11.9. The van der Waals surface area contributed by atoms with Crippen molar-refractivity contribution < 1.29 is 14.0 Å². The average molecular weight is 356 g/mol. The lowest BCUT2D eigenvalue weighted by Gasteiger charge is -2.23. The third-order valence-corrected chi connectivity index (χ3v) is 4.94. The molecule has 0 spiro atoms. The van der Waals surface area contributed by atoms with Gasteiger partial charge in [-0.15, -0.1) is 4.43 Å². The number of nitrogens with zero attached hydrogens (tertiary/aromatic N) is 1. The first-order valence-electron chi connectivity index (χ1n) is 8.01. The smallest absolute Gasteiger partial charge is 0.253 e. The van der Waals surface area contributed by atoms with Crippen LogP contribution in [0.3, 0.4) is 0 Å². The van der Waals surface area contributed by atoms with Crippen molar-refractivity contribution in [3.8, 4) is 0 Å². The van der Waals surface area contributed by atoms with Crippen LogP contribution in [0.5, 0.6) is 0 Å². The third kappa shape index (κ3) is 3.46. The molecule has 2 heterocycles. The summed E-state index contributed by atoms with van der Waals surface area (Å²) in [4.78, 5) is 29.1. The van der Waals surface area contributed by atoms with E-state index in [0.29, 0.717) is 5.56 Å². The number of amides is 2. The molecule has 1 aliphatic rings. The Morgan fingerprint density at radius 1 is 1.48 bits per heavy atom. The quantitative estimate of drug-likeness (QED) is 0.555. The Morgan fingerprint density at radius 3 is 2.96 bits per heavy atom. The zero-order chi connectivity index (χ0) is 18.1. The van der Waals surface area contributed by atoms with Crippen LogP contribution in [-0.4, -0.2) is 69.0 Å². The number of rotatable bonds is 4. The van der Waals surface area contributed by atoms with Crippen LogP contribution in [0, 0.1) is 5.41 Å². The van der Waals surface area contributed by atoms with Gasteiger partial charge in [-0.3, -0.25) is 9.59 Å². The number of H-pyrrole nitrogens is 1. The van der Waals surface area contributed by atoms with Gasteiger partial charge in [0, 0.05) is 29.2 Å². The minimum Gasteiger partial charge on any atom is -0.361 e. The van der Waals surface area contributed by atoms with E-state index in [-0.39, 0.29) is 37.0 Å². The minimum absolute atomic E-state index is 0.0287. The van der Waals surface area contributed by atoms with Crippen LogP contribution < -0.4 is 9.74 Å². The van der Waals surface area contributed by atoms with E-state index >= 15 is 0 Å². The lowest BCUT2D eigenvalue weighted by molar-refractivity contribution is -0.130. The molecule has 2 atom stereocenters. The van der Waals surface area contributed by atoms with Gasteiger partial charge < -0.3 is 20.6 Å². The summed E-state index contributed by atoms with van der Waals surface area (Å²) in [6.45, 7) is 1.31. The number of aromatic nitrogens is 1. The van der Waals surface area contributed by atoms with Gasteiger partial charge in [0.05, 0.1) is 24.7 Å². The first kappa shape index (κ1) is 17.6. The molecular formula is C17H18AlFN4O2. The summed E-state index contributed by atoms with van der Waals surface area (Å²) in [7, 11) is 0. The van der Waals surface area contributed by atoms with Crippen molar-refractivity contribution in [3.05, 3.63) is 30.0 Å². The largest absolute Gasteiger partial charge is 0.361 e. The number of fused-ring (bicyclic) bond motifs is 1. The molecule has 1 aliphatic heterocycles. The predicted molar refractivity (Wildman–Crippen MR) is 94.4 cm³/mol. The second kappa shape index (κ2) is 6.98. The highest BCUT2D eigenvalue weighted by atomic mass is 27.0. The van der Waals surface area contributed by atoms with Gasteiger partial charge in [-0.25, -0.2) is 4.39 Å². The summed E-state index contributed by atoms with van der Waals surface area (Å²) in [5, 5.41) is 11.1. The van der Waals surface area contributed by atoms with Gasteiger partial charge in [0.1, 0.15) is 6.17 Å². The molecule has 1 fully saturated rings. The number of halogens is 1. The van der Waals surface area contributed by atoms with E-state index in [9.17, 15) is 14.0 Å². The van der Waals surface area contributed by atoms with Gasteiger partial charge >= 0.3 is 0 Å². The number of carbonyl (C=O) groups excluding carboxylic acids is 2. The Kier molecular flexibility index (Phi) is 4.93. The number of hydrogen-bond donors (Lipinski definition) is 3. The molecule has 3 rings (SSSR count). The fourth-order valence-electron chi connectivity index (χ4n) is 3.19. The lowest BCUT2D eigenvalue weighted by atomic mass is 10.1. The SMILES string of the molecule is CC(=N)[C@@H]1CC(F)CN1C(=O)CNC(=O)c1c[nH]c2[c]([Al])cccc12. The molecule has 0 saturated carbocycles. The molecule has 1 saturated heterocycles. The molecule has 2 radical (unpaired) electrons. The Balaban J connectivity index is 1.68. The maximum absolute atomic E-state index is 13.6. The van der Waals surface area contributed by atoms with Crippen molar-refractivity contribution in [3.63, 3.8) is 0 Å². The summed E-state index contributed by atoms with van der Waals surface area (Å²) in [6.07, 6.45) is 0.629. The number of hydrogen-bond acceptors (Lipinski definition) is 3. The highest BCUT2D eigenvalue weighted by molar-refractivity contribution is 6.38. The monoisotopic (exact) mass is 356 g/mol. The number of aromatic amines is 1. The number of benzene rings is 1. The molecule has 0 bridgehead atoms. The van der Waals surface area contributed by atoms with Crippen LogP contribution in [0.25, 0.3) is 10.9 Å². The Bertz CT molecular complexity index is 850. The number of carbonyl (C=O) groups is 2. The molecule has 1 aromatic heterocycles. The van der Waals surface area contributed by atoms with Crippen molar-refractivity contribution >= 4 is 49.1 Å². The van der Waals surface area contributed by atoms with E-state index < -0.39 is 12.2 Å². The molecular weight excluding hydrogens is 338 g/mol. The molecule has 8 heteroatoms. The molecule has 0 aliphatic carbocycles. The fourth-order valence-corrected chi connectivity index (χ4v) is 3.54. The van der Waals surface area contributed by atoms with Gasteiger partial charge in [0.25, 0.3) is 5.91 Å². The maximum atomic E-state index is 13.6. The molecule has 2 amide bonds. The summed E-state index contributed by atoms with van der Waals surface area (Å²) < 4.78 is 14.5. The van der Waals surface area contributed by atoms with Crippen LogP contribution in [-0.2, 0) is 4.79 Å². The maximum Gasteiger partial charge on any atom is 0.253 e. The summed E-state index contributed by atoms with van der Waals surface area (Å²) in [5.41, 5.74) is 1.56. The Morgan fingerprint density at radius 2 is 2.24 bits per heavy atom. The predicted octanol–water partition coefficient (Wildman–Crippen LogP) is 0.670. The molecule has 25 heavy (non-hydrogen) atoms. The van der Waals surface area contributed by atoms with Crippen molar-refractivity contribution in [2.45, 2.75) is 25.6 Å². The summed E-state index contributed by atoms with van der Waals surface area (Å²) in [6, 6.07) is 5.07. The van der Waals surface area contributed by atoms with E-state index in [0.717, 1.165) is 15.3 Å². The zero-order valence-electron chi connectivity index (χ0n) is 13.8. The van der Waals surface area contributed by atoms with Gasteiger partial charge in [-0.2, -0.15) is 0 Å². The van der Waals surface area contributed by atoms with Crippen molar-refractivity contribution in [2.24, 2.45) is 0 Å². The first-order valence-corrected chi connectivity index (χ1v) is 8.58. The van der Waals surface area contributed by atoms with Crippen molar-refractivity contribution in [1.29, 1.82) is 5.41 Å². The van der Waals surface area contributed by atoms with Gasteiger partial charge in [-0.05, 0) is 6.92 Å². The van der Waals surface area contributed by atoms with Crippen LogP contribution >= 0.6 is 0 Å². The second-order valence-electron chi connectivity index (χ2n) is 6.23. The molecule has 1 unspecified atom stereocenters. The lowest BCUT2D eigenvalue weighted by Crippen LogP contribution is -2.45.